The second-order valence-corrected chi connectivity index (χ2v) is 9.00. The van der Waals surface area contributed by atoms with Crippen LogP contribution in [-0.4, -0.2) is 23.0 Å². The molecule has 0 heterocycles. The number of fused-ring (bicyclic) bond motifs is 1. The summed E-state index contributed by atoms with van der Waals surface area (Å²) < 4.78 is 34.0. The number of nitrogen functional groups attached to an aromatic ring is 1. The Balaban J connectivity index is 1.89. The van der Waals surface area contributed by atoms with Gasteiger partial charge in [0.1, 0.15) is 16.3 Å². The number of non-ortho nitro benzene ring substituents is 1. The summed E-state index contributed by atoms with van der Waals surface area (Å²) in [5, 5.41) is 38.1. The molecule has 0 aliphatic carbocycles. The maximum absolute atomic E-state index is 12.1. The van der Waals surface area contributed by atoms with Gasteiger partial charge in [-0.1, -0.05) is 18.2 Å². The number of nitrogens with zero attached hydrogens (tertiary/aromatic N) is 5. The van der Waals surface area contributed by atoms with Gasteiger partial charge in [-0.2, -0.15) is 18.6 Å². The minimum Gasteiger partial charge on any atom is -0.505 e. The minimum absolute atomic E-state index is 0.0349. The molecule has 0 fully saturated rings. The van der Waals surface area contributed by atoms with Crippen molar-refractivity contribution in [1.29, 1.82) is 0 Å². The first kappa shape index (κ1) is 24.4. The Morgan fingerprint density at radius 3 is 2.06 bits per heavy atom. The molecule has 13 heteroatoms. The van der Waals surface area contributed by atoms with Crippen molar-refractivity contribution >= 4 is 55.0 Å². The number of benzene rings is 4. The number of hydrogen-bond acceptors (Lipinski definition) is 10. The minimum atomic E-state index is -4.80. The van der Waals surface area contributed by atoms with Crippen LogP contribution in [0.5, 0.6) is 5.75 Å². The van der Waals surface area contributed by atoms with Gasteiger partial charge >= 0.3 is 0 Å². The van der Waals surface area contributed by atoms with E-state index in [1.807, 2.05) is 6.07 Å². The van der Waals surface area contributed by atoms with Crippen LogP contribution in [0, 0.1) is 17.0 Å². The van der Waals surface area contributed by atoms with Crippen molar-refractivity contribution in [3.8, 4) is 5.75 Å². The fourth-order valence-corrected chi connectivity index (χ4v) is 4.12. The van der Waals surface area contributed by atoms with Gasteiger partial charge in [-0.15, -0.1) is 10.2 Å². The van der Waals surface area contributed by atoms with E-state index in [1.165, 1.54) is 30.3 Å². The molecule has 0 amide bonds. The van der Waals surface area contributed by atoms with E-state index < -0.39 is 25.6 Å². The van der Waals surface area contributed by atoms with Crippen molar-refractivity contribution < 1.29 is 23.0 Å². The third-order valence-electron chi connectivity index (χ3n) is 5.17. The number of nitro benzene ring substituents is 1. The Hall–Kier alpha value is -4.75. The molecular weight excluding hydrogens is 488 g/mol. The number of aryl methyl sites for hydroxylation is 1. The fourth-order valence-electron chi connectivity index (χ4n) is 3.45. The van der Waals surface area contributed by atoms with E-state index >= 15 is 0 Å². The topological polar surface area (TPSA) is 193 Å². The third kappa shape index (κ3) is 4.87. The smallest absolute Gasteiger partial charge is 0.296 e. The number of azo groups is 2. The quantitative estimate of drug-likeness (QED) is 0.0881. The van der Waals surface area contributed by atoms with Crippen molar-refractivity contribution in [2.75, 3.05) is 5.73 Å². The van der Waals surface area contributed by atoms with Gasteiger partial charge in [0.2, 0.25) is 0 Å². The summed E-state index contributed by atoms with van der Waals surface area (Å²) in [5.74, 6) is -0.365. The Bertz CT molecular complexity index is 1650. The summed E-state index contributed by atoms with van der Waals surface area (Å²) in [6.07, 6.45) is 0. The second-order valence-electron chi connectivity index (χ2n) is 7.61. The summed E-state index contributed by atoms with van der Waals surface area (Å²) in [5.41, 5.74) is 6.63. The highest BCUT2D eigenvalue weighted by Crippen LogP contribution is 2.47. The lowest BCUT2D eigenvalue weighted by Crippen LogP contribution is -2.02. The molecular formula is C23H18N6O6S. The molecule has 182 valence electrons. The predicted octanol–water partition coefficient (Wildman–Crippen LogP) is 6.42. The molecule has 0 spiro atoms. The summed E-state index contributed by atoms with van der Waals surface area (Å²) in [7, 11) is -4.80. The molecule has 0 aliphatic rings. The van der Waals surface area contributed by atoms with Crippen LogP contribution >= 0.6 is 0 Å². The number of nitrogens with two attached hydrogens (primary N) is 1. The zero-order chi connectivity index (χ0) is 26.0. The van der Waals surface area contributed by atoms with Crippen LogP contribution in [0.15, 0.2) is 92.1 Å². The molecule has 0 bridgehead atoms. The summed E-state index contributed by atoms with van der Waals surface area (Å²) >= 11 is 0. The number of phenols is 1. The molecule has 0 radical (unpaired) electrons. The van der Waals surface area contributed by atoms with Crippen LogP contribution in [0.4, 0.5) is 34.1 Å². The standard InChI is InChI=1S/C23H18N6O6S/c1-13-11-14-12-18(36(33,34)35)22(28-26-16-7-9-17(10-8-16)29(31)32)20(24)19(14)23(30)21(13)27-25-15-5-3-2-4-6-15/h2-12,30H,24H2,1H3,(H,33,34,35)/b27-25+,28-26+. The molecule has 4 N–H and O–H groups in total. The molecule has 0 aliphatic heterocycles. The van der Waals surface area contributed by atoms with Crippen LogP contribution in [0.1, 0.15) is 5.56 Å². The van der Waals surface area contributed by atoms with Crippen molar-refractivity contribution in [1.82, 2.24) is 0 Å². The SMILES string of the molecule is Cc1cc2cc(S(=O)(=O)O)c(/N=N/c3ccc([N+](=O)[O-])cc3)c(N)c2c(O)c1/N=N/c1ccccc1. The molecule has 4 rings (SSSR count). The molecule has 0 saturated carbocycles. The first-order valence-corrected chi connectivity index (χ1v) is 11.7. The molecule has 36 heavy (non-hydrogen) atoms. The first-order chi connectivity index (χ1) is 17.1. The average molecular weight is 507 g/mol. The highest BCUT2D eigenvalue weighted by Gasteiger charge is 2.24. The van der Waals surface area contributed by atoms with Crippen molar-refractivity contribution in [3.05, 3.63) is 82.4 Å². The number of anilines is 1. The third-order valence-corrected chi connectivity index (χ3v) is 6.03. The first-order valence-electron chi connectivity index (χ1n) is 10.3. The van der Waals surface area contributed by atoms with Gasteiger partial charge in [0.15, 0.2) is 5.75 Å². The number of rotatable bonds is 6. The zero-order valence-corrected chi connectivity index (χ0v) is 19.4. The zero-order valence-electron chi connectivity index (χ0n) is 18.6. The highest BCUT2D eigenvalue weighted by molar-refractivity contribution is 7.86. The number of hydrogen-bond donors (Lipinski definition) is 3. The van der Waals surface area contributed by atoms with Gasteiger partial charge in [0, 0.05) is 12.1 Å². The van der Waals surface area contributed by atoms with Crippen LogP contribution in [0.3, 0.4) is 0 Å². The van der Waals surface area contributed by atoms with Gasteiger partial charge in [-0.3, -0.25) is 14.7 Å². The lowest BCUT2D eigenvalue weighted by atomic mass is 10.0. The number of nitro groups is 1. The van der Waals surface area contributed by atoms with E-state index in [0.29, 0.717) is 11.3 Å². The van der Waals surface area contributed by atoms with Crippen LogP contribution in [0.25, 0.3) is 10.8 Å². The molecule has 4 aromatic carbocycles. The predicted molar refractivity (Wildman–Crippen MR) is 132 cm³/mol. The van der Waals surface area contributed by atoms with Gasteiger partial charge in [0.05, 0.1) is 27.4 Å². The van der Waals surface area contributed by atoms with Gasteiger partial charge in [-0.25, -0.2) is 0 Å². The van der Waals surface area contributed by atoms with Gasteiger partial charge in [0.25, 0.3) is 15.8 Å². The van der Waals surface area contributed by atoms with E-state index in [-0.39, 0.29) is 39.3 Å². The van der Waals surface area contributed by atoms with Gasteiger partial charge < -0.3 is 10.8 Å². The fraction of sp³-hybridized carbons (Fsp3) is 0.0435. The molecule has 0 saturated heterocycles. The lowest BCUT2D eigenvalue weighted by molar-refractivity contribution is -0.384. The van der Waals surface area contributed by atoms with E-state index in [2.05, 4.69) is 20.5 Å². The van der Waals surface area contributed by atoms with E-state index in [4.69, 9.17) is 5.73 Å². The van der Waals surface area contributed by atoms with E-state index in [1.54, 1.807) is 31.2 Å². The Labute approximate surface area is 204 Å². The summed E-state index contributed by atoms with van der Waals surface area (Å²) in [6, 6.07) is 16.5. The lowest BCUT2D eigenvalue weighted by Gasteiger charge is -2.13. The van der Waals surface area contributed by atoms with E-state index in [0.717, 1.165) is 6.07 Å². The summed E-state index contributed by atoms with van der Waals surface area (Å²) in [6.45, 7) is 1.64. The average Bonchev–Trinajstić information content (AvgIpc) is 2.83. The molecule has 0 atom stereocenters. The van der Waals surface area contributed by atoms with Crippen LogP contribution < -0.4 is 5.73 Å². The monoisotopic (exact) mass is 506 g/mol. The van der Waals surface area contributed by atoms with Crippen molar-refractivity contribution in [2.45, 2.75) is 11.8 Å². The normalized spacial score (nSPS) is 12.1. The van der Waals surface area contributed by atoms with Crippen molar-refractivity contribution in [2.24, 2.45) is 20.5 Å². The van der Waals surface area contributed by atoms with E-state index in [9.17, 15) is 28.2 Å². The molecule has 0 unspecified atom stereocenters. The van der Waals surface area contributed by atoms with Crippen LogP contribution in [-0.2, 0) is 10.1 Å². The Morgan fingerprint density at radius 1 is 0.889 bits per heavy atom. The maximum Gasteiger partial charge on any atom is 0.296 e. The highest BCUT2D eigenvalue weighted by atomic mass is 32.2. The Kier molecular flexibility index (Phi) is 6.42. The van der Waals surface area contributed by atoms with Crippen molar-refractivity contribution in [3.63, 3.8) is 0 Å². The molecule has 0 aromatic heterocycles. The second kappa shape index (κ2) is 9.48. The molecule has 4 aromatic rings. The number of phenolic OH excluding ortho intramolecular Hbond substituents is 1. The summed E-state index contributed by atoms with van der Waals surface area (Å²) in [4.78, 5) is 9.61. The number of aromatic hydroxyl groups is 1. The molecule has 12 nitrogen and oxygen atoms in total. The Morgan fingerprint density at radius 2 is 1.47 bits per heavy atom. The largest absolute Gasteiger partial charge is 0.505 e. The maximum atomic E-state index is 12.1. The van der Waals surface area contributed by atoms with Gasteiger partial charge in [-0.05, 0) is 54.3 Å². The van der Waals surface area contributed by atoms with Crippen LogP contribution in [0.2, 0.25) is 0 Å².